The highest BCUT2D eigenvalue weighted by atomic mass is 16.3. The molecule has 5 heteroatoms. The largest absolute Gasteiger partial charge is 0.464 e. The highest BCUT2D eigenvalue weighted by molar-refractivity contribution is 6.23. The van der Waals surface area contributed by atoms with Crippen LogP contribution in [0.3, 0.4) is 0 Å². The van der Waals surface area contributed by atoms with Gasteiger partial charge in [0.25, 0.3) is 0 Å². The summed E-state index contributed by atoms with van der Waals surface area (Å²) in [6.45, 7) is 7.10. The first-order valence-electron chi connectivity index (χ1n) is 7.75. The predicted octanol–water partition coefficient (Wildman–Crippen LogP) is 4.54. The molecule has 0 atom stereocenters. The third kappa shape index (κ3) is 1.98. The smallest absolute Gasteiger partial charge is 0.181 e. The van der Waals surface area contributed by atoms with Crippen molar-refractivity contribution in [1.29, 1.82) is 0 Å². The molecule has 2 aromatic heterocycles. The second-order valence-electron chi connectivity index (χ2n) is 5.70. The molecular formula is C20H10N4O. The maximum absolute atomic E-state index is 7.10. The maximum Gasteiger partial charge on any atom is 0.181 e. The number of furan rings is 1. The van der Waals surface area contributed by atoms with Gasteiger partial charge in [-0.15, -0.1) is 4.95 Å². The molecule has 0 spiro atoms. The van der Waals surface area contributed by atoms with Crippen molar-refractivity contribution in [3.05, 3.63) is 83.6 Å². The fraction of sp³-hybridized carbons (Fsp3) is 0. The Morgan fingerprint density at radius 2 is 1.72 bits per heavy atom. The van der Waals surface area contributed by atoms with E-state index >= 15 is 0 Å². The van der Waals surface area contributed by atoms with Gasteiger partial charge in [-0.05, 0) is 30.3 Å². The van der Waals surface area contributed by atoms with Gasteiger partial charge in [-0.3, -0.25) is 0 Å². The molecular weight excluding hydrogens is 312 g/mol. The fourth-order valence-electron chi connectivity index (χ4n) is 3.18. The van der Waals surface area contributed by atoms with Crippen LogP contribution >= 0.6 is 0 Å². The number of benzene rings is 2. The molecule has 0 saturated carbocycles. The summed E-state index contributed by atoms with van der Waals surface area (Å²) in [6, 6.07) is 17.4. The van der Waals surface area contributed by atoms with Crippen LogP contribution in [0.2, 0.25) is 0 Å². The van der Waals surface area contributed by atoms with E-state index in [-0.39, 0.29) is 0 Å². The first kappa shape index (κ1) is 13.6. The van der Waals surface area contributed by atoms with Crippen LogP contribution < -0.4 is 0 Å². The van der Waals surface area contributed by atoms with Crippen LogP contribution in [0, 0.1) is 6.57 Å². The van der Waals surface area contributed by atoms with Crippen LogP contribution in [0.25, 0.3) is 38.6 Å². The van der Waals surface area contributed by atoms with Crippen molar-refractivity contribution in [3.8, 4) is 22.6 Å². The van der Waals surface area contributed by atoms with Crippen LogP contribution in [0.4, 0.5) is 0 Å². The summed E-state index contributed by atoms with van der Waals surface area (Å²) in [4.78, 5) is 12.7. The van der Waals surface area contributed by atoms with Gasteiger partial charge in [-0.1, -0.05) is 24.3 Å². The average Bonchev–Trinajstić information content (AvgIpc) is 3.28. The summed E-state index contributed by atoms with van der Waals surface area (Å²) >= 11 is 0. The third-order valence-electron chi connectivity index (χ3n) is 4.28. The second kappa shape index (κ2) is 5.11. The minimum Gasteiger partial charge on any atom is -0.464 e. The molecule has 2 aromatic carbocycles. The average molecular weight is 322 g/mol. The van der Waals surface area contributed by atoms with Crippen molar-refractivity contribution in [1.82, 2.24) is 9.97 Å². The van der Waals surface area contributed by atoms with E-state index < -0.39 is 0 Å². The van der Waals surface area contributed by atoms with E-state index in [0.717, 1.165) is 39.2 Å². The second-order valence-corrected chi connectivity index (χ2v) is 5.70. The van der Waals surface area contributed by atoms with Crippen LogP contribution in [0.1, 0.15) is 11.3 Å². The molecule has 0 radical (unpaired) electrons. The van der Waals surface area contributed by atoms with Crippen molar-refractivity contribution in [2.45, 2.75) is 0 Å². The number of rotatable bonds is 1. The van der Waals surface area contributed by atoms with Crippen LogP contribution in [-0.4, -0.2) is 15.7 Å². The van der Waals surface area contributed by atoms with E-state index in [1.807, 2.05) is 54.6 Å². The monoisotopic (exact) mass is 322 g/mol. The number of fused-ring (bicyclic) bond motifs is 4. The van der Waals surface area contributed by atoms with Gasteiger partial charge in [0.15, 0.2) is 5.71 Å². The minimum absolute atomic E-state index is 0.588. The topological polar surface area (TPSA) is 55.6 Å². The van der Waals surface area contributed by atoms with Crippen LogP contribution in [0.5, 0.6) is 0 Å². The van der Waals surface area contributed by atoms with Crippen molar-refractivity contribution < 1.29 is 4.42 Å². The number of hydrogen-bond acceptors (Lipinski definition) is 4. The quantitative estimate of drug-likeness (QED) is 0.336. The van der Waals surface area contributed by atoms with Crippen molar-refractivity contribution in [2.24, 2.45) is 5.10 Å². The Morgan fingerprint density at radius 1 is 0.880 bits per heavy atom. The Labute approximate surface area is 143 Å². The Bertz CT molecular complexity index is 1200. The summed E-state index contributed by atoms with van der Waals surface area (Å²) in [7, 11) is 0. The van der Waals surface area contributed by atoms with Crippen LogP contribution in [0.15, 0.2) is 70.4 Å². The Balaban J connectivity index is 1.79. The lowest BCUT2D eigenvalue weighted by Gasteiger charge is -2.04. The molecule has 0 amide bonds. The van der Waals surface area contributed by atoms with Gasteiger partial charge in [0, 0.05) is 16.7 Å². The van der Waals surface area contributed by atoms with E-state index in [2.05, 4.69) is 10.1 Å². The van der Waals surface area contributed by atoms with E-state index in [1.54, 1.807) is 6.26 Å². The van der Waals surface area contributed by atoms with Gasteiger partial charge in [0.1, 0.15) is 11.5 Å². The summed E-state index contributed by atoms with van der Waals surface area (Å²) < 4.78 is 5.47. The zero-order valence-electron chi connectivity index (χ0n) is 13.0. The molecule has 0 aliphatic heterocycles. The SMILES string of the molecule is [C-]#[N+]/N=C1/c2ccccc2-c2nc3cc(-c4ccco4)ccc3nc21. The summed E-state index contributed by atoms with van der Waals surface area (Å²) in [5.74, 6) is 0.792. The van der Waals surface area contributed by atoms with Gasteiger partial charge in [-0.25, -0.2) is 9.97 Å². The lowest BCUT2D eigenvalue weighted by Crippen LogP contribution is -2.01. The summed E-state index contributed by atoms with van der Waals surface area (Å²) in [5, 5.41) is 3.96. The zero-order chi connectivity index (χ0) is 16.8. The molecule has 25 heavy (non-hydrogen) atoms. The Hall–Kier alpha value is -3.78. The number of aromatic nitrogens is 2. The van der Waals surface area contributed by atoms with Gasteiger partial charge in [0.05, 0.1) is 28.1 Å². The summed E-state index contributed by atoms with van der Waals surface area (Å²) in [6.07, 6.45) is 1.65. The molecule has 4 aromatic rings. The maximum atomic E-state index is 7.10. The van der Waals surface area contributed by atoms with Crippen molar-refractivity contribution >= 4 is 16.7 Å². The lowest BCUT2D eigenvalue weighted by molar-refractivity contribution is 0.582. The number of nitrogens with zero attached hydrogens (tertiary/aromatic N) is 4. The standard InChI is InChI=1S/C20H10N4O/c1-21-24-19-14-6-3-2-5-13(14)18-20(19)22-15-9-8-12(11-16(15)23-18)17-7-4-10-25-17/h2-11H/b24-19-. The lowest BCUT2D eigenvalue weighted by atomic mass is 10.1. The molecule has 0 fully saturated rings. The minimum atomic E-state index is 0.588. The molecule has 0 saturated heterocycles. The van der Waals surface area contributed by atoms with E-state index in [4.69, 9.17) is 21.0 Å². The molecule has 1 aliphatic rings. The van der Waals surface area contributed by atoms with E-state index in [0.29, 0.717) is 11.4 Å². The predicted molar refractivity (Wildman–Crippen MR) is 94.9 cm³/mol. The molecule has 5 rings (SSSR count). The first-order valence-corrected chi connectivity index (χ1v) is 7.75. The molecule has 5 nitrogen and oxygen atoms in total. The van der Waals surface area contributed by atoms with Gasteiger partial charge < -0.3 is 4.42 Å². The first-order chi connectivity index (χ1) is 12.3. The van der Waals surface area contributed by atoms with Gasteiger partial charge in [0.2, 0.25) is 0 Å². The third-order valence-corrected chi connectivity index (χ3v) is 4.28. The molecule has 116 valence electrons. The Morgan fingerprint density at radius 3 is 2.52 bits per heavy atom. The van der Waals surface area contributed by atoms with Gasteiger partial charge >= 0.3 is 0 Å². The van der Waals surface area contributed by atoms with Crippen molar-refractivity contribution in [2.75, 3.05) is 0 Å². The number of hydrogen-bond donors (Lipinski definition) is 0. The normalized spacial score (nSPS) is 13.6. The highest BCUT2D eigenvalue weighted by Gasteiger charge is 2.30. The van der Waals surface area contributed by atoms with Gasteiger partial charge in [-0.2, -0.15) is 6.57 Å². The van der Waals surface area contributed by atoms with Crippen LogP contribution in [-0.2, 0) is 0 Å². The fourth-order valence-corrected chi connectivity index (χ4v) is 3.18. The molecule has 0 unspecified atom stereocenters. The molecule has 0 bridgehead atoms. The van der Waals surface area contributed by atoms with Crippen molar-refractivity contribution in [3.63, 3.8) is 0 Å². The molecule has 2 heterocycles. The van der Waals surface area contributed by atoms with E-state index in [1.165, 1.54) is 0 Å². The zero-order valence-corrected chi connectivity index (χ0v) is 13.0. The Kier molecular flexibility index (Phi) is 2.79. The summed E-state index contributed by atoms with van der Waals surface area (Å²) in [5.41, 5.74) is 6.37. The molecule has 0 N–H and O–H groups in total. The van der Waals surface area contributed by atoms with E-state index in [9.17, 15) is 0 Å². The molecule has 1 aliphatic carbocycles. The highest BCUT2D eigenvalue weighted by Crippen LogP contribution is 2.36.